The summed E-state index contributed by atoms with van der Waals surface area (Å²) in [7, 11) is 1.51. The van der Waals surface area contributed by atoms with E-state index in [1.54, 1.807) is 20.8 Å². The molecular weight excluding hydrogens is 234 g/mol. The van der Waals surface area contributed by atoms with Crippen LogP contribution in [0.25, 0.3) is 0 Å². The topological polar surface area (TPSA) is 65.1 Å². The molecule has 2 atom stereocenters. The van der Waals surface area contributed by atoms with Crippen molar-refractivity contribution >= 4 is 17.4 Å². The highest BCUT2D eigenvalue weighted by Gasteiger charge is 2.39. The highest BCUT2D eigenvalue weighted by atomic mass is 32.2. The average molecular weight is 251 g/mol. The normalized spacial score (nSPS) is 25.9. The maximum Gasteiger partial charge on any atom is 0.424 e. The summed E-state index contributed by atoms with van der Waals surface area (Å²) >= 11 is -1.78. The van der Waals surface area contributed by atoms with Crippen LogP contribution in [-0.2, 0) is 24.9 Å². The smallest absolute Gasteiger partial charge is 0.424 e. The molecule has 0 aromatic carbocycles. The SMILES string of the molecule is COCC1COS(=O)N1C(=O)OC(C)(C)C. The molecule has 16 heavy (non-hydrogen) atoms. The third-order valence-electron chi connectivity index (χ3n) is 1.79. The van der Waals surface area contributed by atoms with E-state index in [1.807, 2.05) is 0 Å². The summed E-state index contributed by atoms with van der Waals surface area (Å²) in [6.45, 7) is 5.70. The molecular formula is C9H17NO5S. The lowest BCUT2D eigenvalue weighted by Crippen LogP contribution is -2.42. The van der Waals surface area contributed by atoms with Crippen molar-refractivity contribution in [3.05, 3.63) is 0 Å². The van der Waals surface area contributed by atoms with Gasteiger partial charge in [-0.05, 0) is 20.8 Å². The Bertz CT molecular complexity index is 288. The highest BCUT2D eigenvalue weighted by molar-refractivity contribution is 7.78. The number of carbonyl (C=O) groups excluding carboxylic acids is 1. The van der Waals surface area contributed by atoms with E-state index in [0.717, 1.165) is 4.31 Å². The zero-order valence-electron chi connectivity index (χ0n) is 9.89. The minimum atomic E-state index is -1.78. The van der Waals surface area contributed by atoms with Crippen molar-refractivity contribution in [2.75, 3.05) is 20.3 Å². The van der Waals surface area contributed by atoms with Gasteiger partial charge < -0.3 is 9.47 Å². The van der Waals surface area contributed by atoms with Crippen molar-refractivity contribution < 1.29 is 22.7 Å². The summed E-state index contributed by atoms with van der Waals surface area (Å²) in [4.78, 5) is 11.7. The van der Waals surface area contributed by atoms with E-state index in [4.69, 9.17) is 13.7 Å². The Kier molecular flexibility index (Phi) is 4.28. The van der Waals surface area contributed by atoms with Gasteiger partial charge in [0.1, 0.15) is 5.60 Å². The van der Waals surface area contributed by atoms with Crippen LogP contribution in [0, 0.1) is 0 Å². The first-order valence-corrected chi connectivity index (χ1v) is 5.94. The largest absolute Gasteiger partial charge is 0.443 e. The first kappa shape index (κ1) is 13.4. The molecule has 0 aliphatic carbocycles. The fourth-order valence-electron chi connectivity index (χ4n) is 1.21. The number of amides is 1. The first-order valence-electron chi connectivity index (χ1n) is 4.91. The number of ether oxygens (including phenoxy) is 2. The summed E-state index contributed by atoms with van der Waals surface area (Å²) in [6.07, 6.45) is -0.648. The minimum Gasteiger partial charge on any atom is -0.443 e. The van der Waals surface area contributed by atoms with Gasteiger partial charge >= 0.3 is 6.09 Å². The van der Waals surface area contributed by atoms with Crippen molar-refractivity contribution in [3.8, 4) is 0 Å². The van der Waals surface area contributed by atoms with Crippen LogP contribution in [0.3, 0.4) is 0 Å². The molecule has 2 unspecified atom stereocenters. The van der Waals surface area contributed by atoms with Gasteiger partial charge in [-0.15, -0.1) is 0 Å². The van der Waals surface area contributed by atoms with Gasteiger partial charge in [-0.25, -0.2) is 9.00 Å². The standard InChI is InChI=1S/C9H17NO5S/c1-9(2,3)15-8(11)10-7(5-13-4)6-14-16(10)12/h7H,5-6H2,1-4H3. The number of hydrogen-bond acceptors (Lipinski definition) is 5. The Morgan fingerprint density at radius 3 is 2.69 bits per heavy atom. The number of methoxy groups -OCH3 is 1. The van der Waals surface area contributed by atoms with E-state index in [1.165, 1.54) is 7.11 Å². The van der Waals surface area contributed by atoms with Gasteiger partial charge in [0.05, 0.1) is 19.3 Å². The van der Waals surface area contributed by atoms with Gasteiger partial charge in [-0.2, -0.15) is 4.31 Å². The molecule has 1 aliphatic heterocycles. The van der Waals surface area contributed by atoms with Crippen LogP contribution in [0.4, 0.5) is 4.79 Å². The summed E-state index contributed by atoms with van der Waals surface area (Å²) in [5, 5.41) is 0. The van der Waals surface area contributed by atoms with Crippen LogP contribution in [0.15, 0.2) is 0 Å². The van der Waals surface area contributed by atoms with Crippen LogP contribution in [0.2, 0.25) is 0 Å². The summed E-state index contributed by atoms with van der Waals surface area (Å²) in [5.41, 5.74) is -0.624. The third-order valence-corrected chi connectivity index (χ3v) is 2.89. The Morgan fingerprint density at radius 1 is 1.56 bits per heavy atom. The van der Waals surface area contributed by atoms with E-state index in [2.05, 4.69) is 0 Å². The minimum absolute atomic E-state index is 0.194. The second-order valence-electron chi connectivity index (χ2n) is 4.42. The predicted molar refractivity (Wildman–Crippen MR) is 57.8 cm³/mol. The van der Waals surface area contributed by atoms with E-state index in [0.29, 0.717) is 0 Å². The second kappa shape index (κ2) is 5.11. The number of carbonyl (C=O) groups is 1. The van der Waals surface area contributed by atoms with Gasteiger partial charge in [0.25, 0.3) is 11.3 Å². The van der Waals surface area contributed by atoms with Crippen molar-refractivity contribution in [2.45, 2.75) is 32.4 Å². The van der Waals surface area contributed by atoms with E-state index < -0.39 is 23.0 Å². The zero-order chi connectivity index (χ0) is 12.3. The molecule has 0 bridgehead atoms. The van der Waals surface area contributed by atoms with E-state index >= 15 is 0 Å². The van der Waals surface area contributed by atoms with Crippen LogP contribution >= 0.6 is 0 Å². The lowest BCUT2D eigenvalue weighted by molar-refractivity contribution is 0.0300. The molecule has 1 rings (SSSR count). The zero-order valence-corrected chi connectivity index (χ0v) is 10.7. The Labute approximate surface area is 97.6 Å². The quantitative estimate of drug-likeness (QED) is 0.728. The summed E-state index contributed by atoms with van der Waals surface area (Å²) in [6, 6.07) is -0.360. The van der Waals surface area contributed by atoms with Gasteiger partial charge in [-0.3, -0.25) is 4.18 Å². The molecule has 7 heteroatoms. The Balaban J connectivity index is 2.68. The molecule has 0 radical (unpaired) electrons. The Morgan fingerprint density at radius 2 is 2.19 bits per heavy atom. The van der Waals surface area contributed by atoms with Crippen molar-refractivity contribution in [3.63, 3.8) is 0 Å². The fraction of sp³-hybridized carbons (Fsp3) is 0.889. The number of hydrogen-bond donors (Lipinski definition) is 0. The maximum atomic E-state index is 11.7. The van der Waals surface area contributed by atoms with Gasteiger partial charge in [0.15, 0.2) is 0 Å². The summed E-state index contributed by atoms with van der Waals surface area (Å²) < 4.78 is 27.4. The molecule has 1 fully saturated rings. The molecule has 6 nitrogen and oxygen atoms in total. The van der Waals surface area contributed by atoms with Gasteiger partial charge in [0.2, 0.25) is 0 Å². The monoisotopic (exact) mass is 251 g/mol. The highest BCUT2D eigenvalue weighted by Crippen LogP contribution is 2.19. The Hall–Kier alpha value is -0.660. The number of nitrogens with zero attached hydrogens (tertiary/aromatic N) is 1. The van der Waals surface area contributed by atoms with Crippen molar-refractivity contribution in [2.24, 2.45) is 0 Å². The molecule has 1 aliphatic rings. The van der Waals surface area contributed by atoms with Gasteiger partial charge in [0, 0.05) is 7.11 Å². The van der Waals surface area contributed by atoms with Gasteiger partial charge in [-0.1, -0.05) is 0 Å². The van der Waals surface area contributed by atoms with Crippen LogP contribution in [0.1, 0.15) is 20.8 Å². The van der Waals surface area contributed by atoms with Crippen molar-refractivity contribution in [1.29, 1.82) is 0 Å². The lowest BCUT2D eigenvalue weighted by atomic mass is 10.2. The molecule has 0 N–H and O–H groups in total. The molecule has 0 spiro atoms. The maximum absolute atomic E-state index is 11.7. The third kappa shape index (κ3) is 3.43. The van der Waals surface area contributed by atoms with Crippen LogP contribution in [0.5, 0.6) is 0 Å². The fourth-order valence-corrected chi connectivity index (χ4v) is 2.12. The van der Waals surface area contributed by atoms with Crippen LogP contribution < -0.4 is 0 Å². The molecule has 1 amide bonds. The van der Waals surface area contributed by atoms with Crippen molar-refractivity contribution in [1.82, 2.24) is 4.31 Å². The number of rotatable bonds is 2. The molecule has 1 heterocycles. The van der Waals surface area contributed by atoms with E-state index in [-0.39, 0.29) is 19.3 Å². The predicted octanol–water partition coefficient (Wildman–Crippen LogP) is 0.847. The average Bonchev–Trinajstić information content (AvgIpc) is 2.44. The van der Waals surface area contributed by atoms with Crippen LogP contribution in [-0.4, -0.2) is 46.6 Å². The summed E-state index contributed by atoms with van der Waals surface area (Å²) in [5.74, 6) is 0. The molecule has 0 aromatic heterocycles. The molecule has 0 aromatic rings. The molecule has 1 saturated heterocycles. The lowest BCUT2D eigenvalue weighted by Gasteiger charge is -2.25. The second-order valence-corrected chi connectivity index (χ2v) is 5.48. The first-order chi connectivity index (χ1) is 7.35. The molecule has 0 saturated carbocycles. The van der Waals surface area contributed by atoms with E-state index in [9.17, 15) is 9.00 Å². The molecule has 94 valence electrons.